The van der Waals surface area contributed by atoms with E-state index in [9.17, 15) is 4.79 Å². The average Bonchev–Trinajstić information content (AvgIpc) is 3.11. The smallest absolute Gasteiger partial charge is 0.231 e. The Morgan fingerprint density at radius 3 is 2.77 bits per heavy atom. The van der Waals surface area contributed by atoms with Gasteiger partial charge in [-0.05, 0) is 36.8 Å². The maximum absolute atomic E-state index is 12.5. The molecule has 8 heteroatoms. The number of rotatable bonds is 4. The van der Waals surface area contributed by atoms with Gasteiger partial charge in [0.05, 0.1) is 5.92 Å². The molecule has 1 aliphatic heterocycles. The molecular weight excluding hydrogens is 396 g/mol. The summed E-state index contributed by atoms with van der Waals surface area (Å²) in [5.41, 5.74) is 1.88. The first-order valence-electron chi connectivity index (χ1n) is 8.24. The van der Waals surface area contributed by atoms with E-state index in [0.29, 0.717) is 18.9 Å². The fourth-order valence-electron chi connectivity index (χ4n) is 2.87. The van der Waals surface area contributed by atoms with Gasteiger partial charge in [0, 0.05) is 41.7 Å². The van der Waals surface area contributed by atoms with Crippen LogP contribution >= 0.6 is 15.9 Å². The van der Waals surface area contributed by atoms with Gasteiger partial charge in [0.2, 0.25) is 5.91 Å². The lowest BCUT2D eigenvalue weighted by atomic mass is 9.99. The second-order valence-corrected chi connectivity index (χ2v) is 7.15. The minimum absolute atomic E-state index is 0.0352. The van der Waals surface area contributed by atoms with E-state index in [4.69, 9.17) is 0 Å². The number of aromatic nitrogens is 4. The predicted molar refractivity (Wildman–Crippen MR) is 102 cm³/mol. The largest absolute Gasteiger partial charge is 0.355 e. The fourth-order valence-corrected chi connectivity index (χ4v) is 3.35. The standard InChI is InChI=1S/C18H17BrN6O/c1-12-7-14(19)3-4-15(12)23-18(26)13-9-24(10-13)16-8-17(21-11-20-16)25-6-2-5-22-25/h2-8,11,13H,9-10H2,1H3,(H,23,26). The van der Waals surface area contributed by atoms with Gasteiger partial charge in [-0.2, -0.15) is 5.10 Å². The number of benzene rings is 1. The van der Waals surface area contributed by atoms with E-state index in [-0.39, 0.29) is 11.8 Å². The molecule has 0 radical (unpaired) electrons. The van der Waals surface area contributed by atoms with E-state index in [2.05, 4.69) is 41.2 Å². The van der Waals surface area contributed by atoms with Gasteiger partial charge < -0.3 is 10.2 Å². The van der Waals surface area contributed by atoms with Crippen molar-refractivity contribution < 1.29 is 4.79 Å². The van der Waals surface area contributed by atoms with Crippen LogP contribution in [0.2, 0.25) is 0 Å². The number of aryl methyl sites for hydroxylation is 1. The van der Waals surface area contributed by atoms with Crippen molar-refractivity contribution in [1.82, 2.24) is 19.7 Å². The summed E-state index contributed by atoms with van der Waals surface area (Å²) in [6, 6.07) is 9.54. The molecule has 7 nitrogen and oxygen atoms in total. The Kier molecular flexibility index (Phi) is 4.42. The van der Waals surface area contributed by atoms with Crippen molar-refractivity contribution in [3.8, 4) is 5.82 Å². The number of carbonyl (C=O) groups is 1. The zero-order chi connectivity index (χ0) is 18.1. The Labute approximate surface area is 159 Å². The van der Waals surface area contributed by atoms with E-state index in [0.717, 1.165) is 21.5 Å². The molecule has 0 bridgehead atoms. The van der Waals surface area contributed by atoms with Crippen molar-refractivity contribution in [2.45, 2.75) is 6.92 Å². The lowest BCUT2D eigenvalue weighted by Gasteiger charge is -2.39. The molecule has 4 rings (SSSR count). The summed E-state index contributed by atoms with van der Waals surface area (Å²) in [5, 5.41) is 7.19. The molecule has 1 N–H and O–H groups in total. The van der Waals surface area contributed by atoms with Crippen LogP contribution in [0.5, 0.6) is 0 Å². The monoisotopic (exact) mass is 412 g/mol. The van der Waals surface area contributed by atoms with Crippen LogP contribution in [0.3, 0.4) is 0 Å². The van der Waals surface area contributed by atoms with Crippen molar-refractivity contribution in [2.24, 2.45) is 5.92 Å². The molecule has 2 aromatic heterocycles. The number of anilines is 2. The van der Waals surface area contributed by atoms with Crippen molar-refractivity contribution in [1.29, 1.82) is 0 Å². The first-order chi connectivity index (χ1) is 12.6. The van der Waals surface area contributed by atoms with Gasteiger partial charge in [-0.1, -0.05) is 15.9 Å². The molecule has 1 fully saturated rings. The molecule has 0 saturated carbocycles. The lowest BCUT2D eigenvalue weighted by molar-refractivity contribution is -0.120. The van der Waals surface area contributed by atoms with Gasteiger partial charge in [0.15, 0.2) is 5.82 Å². The van der Waals surface area contributed by atoms with Gasteiger partial charge in [0.25, 0.3) is 0 Å². The third-order valence-corrected chi connectivity index (χ3v) is 4.89. The Morgan fingerprint density at radius 2 is 2.04 bits per heavy atom. The summed E-state index contributed by atoms with van der Waals surface area (Å²) in [6.07, 6.45) is 5.06. The average molecular weight is 413 g/mol. The number of halogens is 1. The molecule has 1 aromatic carbocycles. The van der Waals surface area contributed by atoms with Crippen LogP contribution < -0.4 is 10.2 Å². The van der Waals surface area contributed by atoms with Crippen molar-refractivity contribution in [2.75, 3.05) is 23.3 Å². The number of nitrogens with zero attached hydrogens (tertiary/aromatic N) is 5. The van der Waals surface area contributed by atoms with Gasteiger partial charge in [0.1, 0.15) is 12.1 Å². The molecule has 0 aliphatic carbocycles. The van der Waals surface area contributed by atoms with Crippen LogP contribution in [0.25, 0.3) is 5.82 Å². The number of hydrogen-bond acceptors (Lipinski definition) is 5. The molecule has 1 amide bonds. The summed E-state index contributed by atoms with van der Waals surface area (Å²) in [6.45, 7) is 3.25. The van der Waals surface area contributed by atoms with Crippen LogP contribution in [0, 0.1) is 12.8 Å². The molecule has 132 valence electrons. The summed E-state index contributed by atoms with van der Waals surface area (Å²) in [5.74, 6) is 1.49. The highest BCUT2D eigenvalue weighted by Gasteiger charge is 2.33. The number of carbonyl (C=O) groups excluding carboxylic acids is 1. The molecule has 0 unspecified atom stereocenters. The van der Waals surface area contributed by atoms with Crippen LogP contribution in [-0.2, 0) is 4.79 Å². The second-order valence-electron chi connectivity index (χ2n) is 6.24. The highest BCUT2D eigenvalue weighted by atomic mass is 79.9. The summed E-state index contributed by atoms with van der Waals surface area (Å²) < 4.78 is 2.69. The third kappa shape index (κ3) is 3.32. The molecule has 1 saturated heterocycles. The summed E-state index contributed by atoms with van der Waals surface area (Å²) >= 11 is 3.43. The highest BCUT2D eigenvalue weighted by Crippen LogP contribution is 2.26. The summed E-state index contributed by atoms with van der Waals surface area (Å²) in [4.78, 5) is 23.1. The van der Waals surface area contributed by atoms with Crippen molar-refractivity contribution in [3.05, 3.63) is 59.1 Å². The molecule has 0 atom stereocenters. The van der Waals surface area contributed by atoms with E-state index in [1.165, 1.54) is 6.33 Å². The second kappa shape index (κ2) is 6.87. The van der Waals surface area contributed by atoms with Crippen LogP contribution in [0.15, 0.2) is 53.5 Å². The Balaban J connectivity index is 1.39. The Hall–Kier alpha value is -2.74. The topological polar surface area (TPSA) is 75.9 Å². The van der Waals surface area contributed by atoms with E-state index in [1.54, 1.807) is 10.9 Å². The van der Waals surface area contributed by atoms with Crippen molar-refractivity contribution in [3.63, 3.8) is 0 Å². The van der Waals surface area contributed by atoms with E-state index in [1.807, 2.05) is 43.5 Å². The number of amides is 1. The van der Waals surface area contributed by atoms with Crippen LogP contribution in [0.4, 0.5) is 11.5 Å². The zero-order valence-corrected chi connectivity index (χ0v) is 15.7. The number of hydrogen-bond donors (Lipinski definition) is 1. The van der Waals surface area contributed by atoms with Gasteiger partial charge in [-0.25, -0.2) is 14.6 Å². The Morgan fingerprint density at radius 1 is 1.23 bits per heavy atom. The highest BCUT2D eigenvalue weighted by molar-refractivity contribution is 9.10. The minimum atomic E-state index is -0.0545. The van der Waals surface area contributed by atoms with Crippen LogP contribution in [0.1, 0.15) is 5.56 Å². The lowest BCUT2D eigenvalue weighted by Crippen LogP contribution is -2.52. The third-order valence-electron chi connectivity index (χ3n) is 4.40. The number of nitrogens with one attached hydrogen (secondary N) is 1. The zero-order valence-electron chi connectivity index (χ0n) is 14.1. The SMILES string of the molecule is Cc1cc(Br)ccc1NC(=O)C1CN(c2cc(-n3cccn3)ncn2)C1. The first kappa shape index (κ1) is 16.7. The predicted octanol–water partition coefficient (Wildman–Crippen LogP) is 2.81. The normalized spacial score (nSPS) is 14.2. The molecular formula is C18H17BrN6O. The molecule has 1 aliphatic rings. The van der Waals surface area contributed by atoms with Gasteiger partial charge in [-0.15, -0.1) is 0 Å². The summed E-state index contributed by atoms with van der Waals surface area (Å²) in [7, 11) is 0. The maximum Gasteiger partial charge on any atom is 0.231 e. The van der Waals surface area contributed by atoms with Crippen LogP contribution in [-0.4, -0.2) is 38.7 Å². The Bertz CT molecular complexity index is 937. The van der Waals surface area contributed by atoms with Crippen molar-refractivity contribution >= 4 is 33.3 Å². The minimum Gasteiger partial charge on any atom is -0.355 e. The first-order valence-corrected chi connectivity index (χ1v) is 9.03. The maximum atomic E-state index is 12.5. The van der Waals surface area contributed by atoms with Gasteiger partial charge in [-0.3, -0.25) is 4.79 Å². The van der Waals surface area contributed by atoms with E-state index < -0.39 is 0 Å². The molecule has 3 aromatic rings. The molecule has 0 spiro atoms. The quantitative estimate of drug-likeness (QED) is 0.712. The van der Waals surface area contributed by atoms with E-state index >= 15 is 0 Å². The van der Waals surface area contributed by atoms with Gasteiger partial charge >= 0.3 is 0 Å². The fraction of sp³-hybridized carbons (Fsp3) is 0.222. The molecule has 26 heavy (non-hydrogen) atoms. The molecule has 3 heterocycles.